The Morgan fingerprint density at radius 1 is 1.56 bits per heavy atom. The van der Waals surface area contributed by atoms with E-state index in [-0.39, 0.29) is 11.6 Å². The highest BCUT2D eigenvalue weighted by Crippen LogP contribution is 2.08. The third-order valence-electron chi connectivity index (χ3n) is 2.46. The first kappa shape index (κ1) is 11.8. The molecule has 1 amide bonds. The zero-order chi connectivity index (χ0) is 13.0. The monoisotopic (exact) mass is 241 g/mol. The Balaban J connectivity index is 2.09. The van der Waals surface area contributed by atoms with Gasteiger partial charge in [-0.25, -0.2) is 0 Å². The van der Waals surface area contributed by atoms with Crippen molar-refractivity contribution < 1.29 is 4.79 Å². The number of rotatable bonds is 3. The normalized spacial score (nSPS) is 9.78. The SMILES string of the molecule is CN(Cc1cccc(C#N)c1)C(=O)c1cn[nH]n1. The summed E-state index contributed by atoms with van der Waals surface area (Å²) in [5, 5.41) is 18.5. The molecular formula is C12H11N5O. The summed E-state index contributed by atoms with van der Waals surface area (Å²) in [4.78, 5) is 13.4. The summed E-state index contributed by atoms with van der Waals surface area (Å²) in [6.07, 6.45) is 1.38. The second-order valence-electron chi connectivity index (χ2n) is 3.83. The number of nitrogens with one attached hydrogen (secondary N) is 1. The lowest BCUT2D eigenvalue weighted by Gasteiger charge is -2.15. The van der Waals surface area contributed by atoms with Crippen molar-refractivity contribution in [1.29, 1.82) is 5.26 Å². The van der Waals surface area contributed by atoms with Gasteiger partial charge in [0.25, 0.3) is 5.91 Å². The fraction of sp³-hybridized carbons (Fsp3) is 0.167. The second-order valence-corrected chi connectivity index (χ2v) is 3.83. The number of nitriles is 1. The predicted molar refractivity (Wildman–Crippen MR) is 63.3 cm³/mol. The Kier molecular flexibility index (Phi) is 3.34. The number of carbonyl (C=O) groups is 1. The zero-order valence-corrected chi connectivity index (χ0v) is 9.79. The number of hydrogen-bond acceptors (Lipinski definition) is 4. The lowest BCUT2D eigenvalue weighted by molar-refractivity contribution is 0.0779. The summed E-state index contributed by atoms with van der Waals surface area (Å²) < 4.78 is 0. The molecule has 0 aliphatic carbocycles. The first-order valence-electron chi connectivity index (χ1n) is 5.31. The molecule has 0 saturated heterocycles. The van der Waals surface area contributed by atoms with Gasteiger partial charge in [0.15, 0.2) is 5.69 Å². The van der Waals surface area contributed by atoms with Gasteiger partial charge in [0.2, 0.25) is 0 Å². The van der Waals surface area contributed by atoms with Crippen molar-refractivity contribution in [1.82, 2.24) is 20.3 Å². The minimum atomic E-state index is -0.217. The van der Waals surface area contributed by atoms with Crippen LogP contribution in [0.2, 0.25) is 0 Å². The first-order chi connectivity index (χ1) is 8.70. The van der Waals surface area contributed by atoms with Gasteiger partial charge >= 0.3 is 0 Å². The third kappa shape index (κ3) is 2.52. The highest BCUT2D eigenvalue weighted by molar-refractivity contribution is 5.91. The van der Waals surface area contributed by atoms with Crippen molar-refractivity contribution in [3.05, 3.63) is 47.3 Å². The van der Waals surface area contributed by atoms with Gasteiger partial charge < -0.3 is 4.90 Å². The Bertz CT molecular complexity index is 585. The van der Waals surface area contributed by atoms with Crippen molar-refractivity contribution in [2.75, 3.05) is 7.05 Å². The maximum absolute atomic E-state index is 11.9. The Morgan fingerprint density at radius 2 is 2.39 bits per heavy atom. The van der Waals surface area contributed by atoms with Crippen LogP contribution < -0.4 is 0 Å². The molecule has 1 aromatic carbocycles. The summed E-state index contributed by atoms with van der Waals surface area (Å²) in [5.74, 6) is -0.217. The maximum Gasteiger partial charge on any atom is 0.276 e. The fourth-order valence-electron chi connectivity index (χ4n) is 1.59. The number of benzene rings is 1. The van der Waals surface area contributed by atoms with Crippen LogP contribution in [0.3, 0.4) is 0 Å². The van der Waals surface area contributed by atoms with Crippen LogP contribution in [0.25, 0.3) is 0 Å². The molecule has 2 aromatic rings. The van der Waals surface area contributed by atoms with Gasteiger partial charge in [-0.2, -0.15) is 20.7 Å². The zero-order valence-electron chi connectivity index (χ0n) is 9.79. The quantitative estimate of drug-likeness (QED) is 0.866. The van der Waals surface area contributed by atoms with Crippen LogP contribution in [-0.2, 0) is 6.54 Å². The minimum absolute atomic E-state index is 0.217. The number of nitrogens with zero attached hydrogens (tertiary/aromatic N) is 4. The van der Waals surface area contributed by atoms with E-state index in [9.17, 15) is 4.79 Å². The van der Waals surface area contributed by atoms with Gasteiger partial charge in [-0.1, -0.05) is 12.1 Å². The largest absolute Gasteiger partial charge is 0.336 e. The average Bonchev–Trinajstić information content (AvgIpc) is 2.92. The molecule has 0 saturated carbocycles. The summed E-state index contributed by atoms with van der Waals surface area (Å²) in [6, 6.07) is 9.21. The molecule has 6 heteroatoms. The van der Waals surface area contributed by atoms with Crippen LogP contribution in [0.4, 0.5) is 0 Å². The standard InChI is InChI=1S/C12H11N5O/c1-17(12(18)11-7-14-16-15-11)8-10-4-2-3-9(5-10)6-13/h2-5,7H,8H2,1H3,(H,14,15,16). The minimum Gasteiger partial charge on any atom is -0.336 e. The maximum atomic E-state index is 11.9. The van der Waals surface area contributed by atoms with E-state index in [1.807, 2.05) is 6.07 Å². The molecule has 1 aromatic heterocycles. The molecule has 1 heterocycles. The van der Waals surface area contributed by atoms with E-state index < -0.39 is 0 Å². The van der Waals surface area contributed by atoms with Gasteiger partial charge in [-0.15, -0.1) is 0 Å². The molecule has 1 N–H and O–H groups in total. The van der Waals surface area contributed by atoms with E-state index in [1.165, 1.54) is 11.1 Å². The molecule has 18 heavy (non-hydrogen) atoms. The molecule has 0 aliphatic heterocycles. The fourth-order valence-corrected chi connectivity index (χ4v) is 1.59. The molecule has 0 radical (unpaired) electrons. The summed E-state index contributed by atoms with van der Waals surface area (Å²) >= 11 is 0. The molecular weight excluding hydrogens is 230 g/mol. The number of hydrogen-bond donors (Lipinski definition) is 1. The molecule has 6 nitrogen and oxygen atoms in total. The first-order valence-corrected chi connectivity index (χ1v) is 5.31. The van der Waals surface area contributed by atoms with Gasteiger partial charge in [0.05, 0.1) is 17.8 Å². The van der Waals surface area contributed by atoms with E-state index in [2.05, 4.69) is 21.5 Å². The van der Waals surface area contributed by atoms with Crippen LogP contribution in [-0.4, -0.2) is 33.3 Å². The molecule has 0 fully saturated rings. The van der Waals surface area contributed by atoms with Gasteiger partial charge in [0.1, 0.15) is 0 Å². The van der Waals surface area contributed by atoms with E-state index in [0.29, 0.717) is 12.1 Å². The van der Waals surface area contributed by atoms with Gasteiger partial charge in [0, 0.05) is 13.6 Å². The van der Waals surface area contributed by atoms with Crippen LogP contribution in [0.15, 0.2) is 30.5 Å². The topological polar surface area (TPSA) is 85.7 Å². The summed E-state index contributed by atoms with van der Waals surface area (Å²) in [6.45, 7) is 0.418. The molecule has 90 valence electrons. The molecule has 0 bridgehead atoms. The lowest BCUT2D eigenvalue weighted by atomic mass is 10.1. The average molecular weight is 241 g/mol. The lowest BCUT2D eigenvalue weighted by Crippen LogP contribution is -2.26. The van der Waals surface area contributed by atoms with Crippen molar-refractivity contribution in [3.8, 4) is 6.07 Å². The number of H-pyrrole nitrogens is 1. The van der Waals surface area contributed by atoms with Crippen LogP contribution in [0.5, 0.6) is 0 Å². The summed E-state index contributed by atoms with van der Waals surface area (Å²) in [5.41, 5.74) is 1.75. The number of aromatic nitrogens is 3. The second kappa shape index (κ2) is 5.10. The van der Waals surface area contributed by atoms with E-state index in [1.54, 1.807) is 25.2 Å². The molecule has 0 atom stereocenters. The molecule has 2 rings (SSSR count). The number of amides is 1. The van der Waals surface area contributed by atoms with E-state index >= 15 is 0 Å². The highest BCUT2D eigenvalue weighted by Gasteiger charge is 2.14. The third-order valence-corrected chi connectivity index (χ3v) is 2.46. The van der Waals surface area contributed by atoms with Crippen LogP contribution in [0, 0.1) is 11.3 Å². The van der Waals surface area contributed by atoms with Crippen molar-refractivity contribution in [2.24, 2.45) is 0 Å². The molecule has 0 unspecified atom stereocenters. The van der Waals surface area contributed by atoms with Gasteiger partial charge in [-0.05, 0) is 17.7 Å². The summed E-state index contributed by atoms with van der Waals surface area (Å²) in [7, 11) is 1.68. The molecule has 0 spiro atoms. The van der Waals surface area contributed by atoms with Crippen LogP contribution >= 0.6 is 0 Å². The van der Waals surface area contributed by atoms with Crippen molar-refractivity contribution >= 4 is 5.91 Å². The number of aromatic amines is 1. The van der Waals surface area contributed by atoms with Gasteiger partial charge in [-0.3, -0.25) is 4.79 Å². The van der Waals surface area contributed by atoms with E-state index in [4.69, 9.17) is 5.26 Å². The Labute approximate surface area is 104 Å². The Morgan fingerprint density at radius 3 is 3.06 bits per heavy atom. The molecule has 0 aliphatic rings. The van der Waals surface area contributed by atoms with Crippen LogP contribution in [0.1, 0.15) is 21.6 Å². The van der Waals surface area contributed by atoms with E-state index in [0.717, 1.165) is 5.56 Å². The highest BCUT2D eigenvalue weighted by atomic mass is 16.2. The Hall–Kier alpha value is -2.68. The predicted octanol–water partition coefficient (Wildman–Crippen LogP) is 0.949. The smallest absolute Gasteiger partial charge is 0.276 e. The van der Waals surface area contributed by atoms with Crippen molar-refractivity contribution in [3.63, 3.8) is 0 Å². The number of carbonyl (C=O) groups excluding carboxylic acids is 1. The van der Waals surface area contributed by atoms with Crippen molar-refractivity contribution in [2.45, 2.75) is 6.54 Å².